The van der Waals surface area contributed by atoms with E-state index in [0.29, 0.717) is 5.92 Å². The van der Waals surface area contributed by atoms with Crippen LogP contribution in [0.15, 0.2) is 0 Å². The van der Waals surface area contributed by atoms with Gasteiger partial charge in [-0.15, -0.1) is 0 Å². The normalized spacial score (nSPS) is 30.1. The summed E-state index contributed by atoms with van der Waals surface area (Å²) < 4.78 is 0. The van der Waals surface area contributed by atoms with Gasteiger partial charge in [0.2, 0.25) is 5.91 Å². The summed E-state index contributed by atoms with van der Waals surface area (Å²) in [4.78, 5) is 13.8. The van der Waals surface area contributed by atoms with Crippen LogP contribution in [-0.4, -0.2) is 47.7 Å². The highest BCUT2D eigenvalue weighted by Crippen LogP contribution is 2.32. The molecule has 1 saturated heterocycles. The van der Waals surface area contributed by atoms with Crippen molar-refractivity contribution in [1.82, 2.24) is 10.2 Å². The van der Waals surface area contributed by atoms with Gasteiger partial charge in [0.05, 0.1) is 6.10 Å². The number of likely N-dealkylation sites (tertiary alicyclic amines) is 1. The number of hydrogen-bond donors (Lipinski definition) is 2. The highest BCUT2D eigenvalue weighted by atomic mass is 16.3. The Morgan fingerprint density at radius 2 is 2.11 bits per heavy atom. The lowest BCUT2D eigenvalue weighted by atomic mass is 9.88. The first-order chi connectivity index (χ1) is 9.06. The molecule has 2 N–H and O–H groups in total. The van der Waals surface area contributed by atoms with Crippen molar-refractivity contribution in [3.8, 4) is 0 Å². The molecule has 1 amide bonds. The van der Waals surface area contributed by atoms with Crippen molar-refractivity contribution in [1.29, 1.82) is 0 Å². The van der Waals surface area contributed by atoms with E-state index in [1.165, 1.54) is 19.4 Å². The van der Waals surface area contributed by atoms with Crippen LogP contribution in [0.2, 0.25) is 0 Å². The minimum absolute atomic E-state index is 0.0630. The molecular weight excluding hydrogens is 240 g/mol. The van der Waals surface area contributed by atoms with E-state index in [-0.39, 0.29) is 18.1 Å². The second kappa shape index (κ2) is 6.71. The van der Waals surface area contributed by atoms with Gasteiger partial charge in [-0.2, -0.15) is 0 Å². The van der Waals surface area contributed by atoms with Gasteiger partial charge in [0, 0.05) is 32.6 Å². The predicted molar refractivity (Wildman–Crippen MR) is 75.8 cm³/mol. The first-order valence-corrected chi connectivity index (χ1v) is 7.74. The smallest absolute Gasteiger partial charge is 0.217 e. The molecule has 4 nitrogen and oxygen atoms in total. The number of piperidine rings is 1. The molecule has 1 saturated carbocycles. The number of nitrogens with one attached hydrogen (secondary N) is 1. The predicted octanol–water partition coefficient (Wildman–Crippen LogP) is 1.38. The summed E-state index contributed by atoms with van der Waals surface area (Å²) in [5, 5.41) is 12.9. The summed E-state index contributed by atoms with van der Waals surface area (Å²) in [5.74, 6) is 1.46. The third-order valence-corrected chi connectivity index (χ3v) is 4.31. The molecule has 0 aromatic heterocycles. The summed E-state index contributed by atoms with van der Waals surface area (Å²) in [5.41, 5.74) is 0. The van der Waals surface area contributed by atoms with E-state index in [0.717, 1.165) is 38.3 Å². The van der Waals surface area contributed by atoms with Gasteiger partial charge in [-0.3, -0.25) is 4.79 Å². The van der Waals surface area contributed by atoms with E-state index >= 15 is 0 Å². The van der Waals surface area contributed by atoms with Crippen molar-refractivity contribution in [3.63, 3.8) is 0 Å². The van der Waals surface area contributed by atoms with E-state index < -0.39 is 0 Å². The van der Waals surface area contributed by atoms with Crippen LogP contribution in [0.25, 0.3) is 0 Å². The Labute approximate surface area is 116 Å². The fraction of sp³-hybridized carbons (Fsp3) is 0.933. The second-order valence-corrected chi connectivity index (χ2v) is 6.46. The Morgan fingerprint density at radius 3 is 2.68 bits per heavy atom. The Hall–Kier alpha value is -0.610. The maximum absolute atomic E-state index is 11.3. The van der Waals surface area contributed by atoms with Gasteiger partial charge >= 0.3 is 0 Å². The highest BCUT2D eigenvalue weighted by molar-refractivity contribution is 5.73. The number of aliphatic hydroxyl groups is 1. The van der Waals surface area contributed by atoms with E-state index in [2.05, 4.69) is 10.2 Å². The van der Waals surface area contributed by atoms with Gasteiger partial charge in [0.25, 0.3) is 0 Å². The molecule has 2 aliphatic rings. The van der Waals surface area contributed by atoms with E-state index in [9.17, 15) is 9.90 Å². The van der Waals surface area contributed by atoms with Crippen LogP contribution in [-0.2, 0) is 4.79 Å². The number of aliphatic hydroxyl groups excluding tert-OH is 1. The van der Waals surface area contributed by atoms with Crippen molar-refractivity contribution in [2.75, 3.05) is 19.6 Å². The summed E-state index contributed by atoms with van der Waals surface area (Å²) in [6.07, 6.45) is 5.24. The largest absolute Gasteiger partial charge is 0.393 e. The highest BCUT2D eigenvalue weighted by Gasteiger charge is 2.32. The molecule has 0 aromatic rings. The average Bonchev–Trinajstić information content (AvgIpc) is 3.11. The van der Waals surface area contributed by atoms with Crippen LogP contribution >= 0.6 is 0 Å². The zero-order chi connectivity index (χ0) is 13.8. The quantitative estimate of drug-likeness (QED) is 0.765. The molecule has 110 valence electrons. The first-order valence-electron chi connectivity index (χ1n) is 7.74. The molecule has 1 aliphatic carbocycles. The number of nitrogens with zero attached hydrogens (tertiary/aromatic N) is 1. The summed E-state index contributed by atoms with van der Waals surface area (Å²) >= 11 is 0. The zero-order valence-corrected chi connectivity index (χ0v) is 12.3. The third-order valence-electron chi connectivity index (χ3n) is 4.31. The lowest BCUT2D eigenvalue weighted by molar-refractivity contribution is -0.120. The van der Waals surface area contributed by atoms with Crippen LogP contribution in [0.3, 0.4) is 0 Å². The molecule has 3 atom stereocenters. The van der Waals surface area contributed by atoms with Crippen LogP contribution in [0.1, 0.15) is 46.0 Å². The fourth-order valence-electron chi connectivity index (χ4n) is 3.23. The molecule has 0 aromatic carbocycles. The molecular formula is C15H28N2O2. The standard InChI is InChI=1S/C15H28N2O2/c1-3-15(19)7-13-6-14(16-11(2)18)10-17(9-13)8-12-4-5-12/h12-15,19H,3-10H2,1-2H3,(H,16,18). The molecule has 0 radical (unpaired) electrons. The average molecular weight is 268 g/mol. The molecule has 2 rings (SSSR count). The van der Waals surface area contributed by atoms with Crippen molar-refractivity contribution >= 4 is 5.91 Å². The summed E-state index contributed by atoms with van der Waals surface area (Å²) in [7, 11) is 0. The molecule has 19 heavy (non-hydrogen) atoms. The molecule has 3 unspecified atom stereocenters. The lowest BCUT2D eigenvalue weighted by Gasteiger charge is -2.38. The van der Waals surface area contributed by atoms with Gasteiger partial charge in [-0.05, 0) is 43.9 Å². The van der Waals surface area contributed by atoms with Crippen molar-refractivity contribution in [2.45, 2.75) is 58.1 Å². The van der Waals surface area contributed by atoms with Crippen molar-refractivity contribution in [3.05, 3.63) is 0 Å². The number of carbonyl (C=O) groups excluding carboxylic acids is 1. The van der Waals surface area contributed by atoms with Gasteiger partial charge in [-0.25, -0.2) is 0 Å². The molecule has 4 heteroatoms. The first kappa shape index (κ1) is 14.8. The van der Waals surface area contributed by atoms with Crippen molar-refractivity contribution in [2.24, 2.45) is 11.8 Å². The van der Waals surface area contributed by atoms with Crippen LogP contribution in [0.4, 0.5) is 0 Å². The maximum atomic E-state index is 11.3. The lowest BCUT2D eigenvalue weighted by Crippen LogP contribution is -2.51. The molecule has 1 heterocycles. The second-order valence-electron chi connectivity index (χ2n) is 6.46. The Morgan fingerprint density at radius 1 is 1.37 bits per heavy atom. The number of amides is 1. The van der Waals surface area contributed by atoms with E-state index in [1.54, 1.807) is 6.92 Å². The monoisotopic (exact) mass is 268 g/mol. The molecule has 2 fully saturated rings. The Kier molecular flexibility index (Phi) is 5.22. The zero-order valence-electron chi connectivity index (χ0n) is 12.3. The molecule has 0 bridgehead atoms. The summed E-state index contributed by atoms with van der Waals surface area (Å²) in [6.45, 7) is 6.86. The van der Waals surface area contributed by atoms with Gasteiger partial charge in [0.1, 0.15) is 0 Å². The van der Waals surface area contributed by atoms with E-state index in [1.807, 2.05) is 6.92 Å². The van der Waals surface area contributed by atoms with E-state index in [4.69, 9.17) is 0 Å². The Bertz CT molecular complexity index is 305. The van der Waals surface area contributed by atoms with Crippen molar-refractivity contribution < 1.29 is 9.90 Å². The van der Waals surface area contributed by atoms with Crippen LogP contribution in [0.5, 0.6) is 0 Å². The summed E-state index contributed by atoms with van der Waals surface area (Å²) in [6, 6.07) is 0.263. The number of hydrogen-bond acceptors (Lipinski definition) is 3. The van der Waals surface area contributed by atoms with Gasteiger partial charge in [0.15, 0.2) is 0 Å². The van der Waals surface area contributed by atoms with Gasteiger partial charge < -0.3 is 15.3 Å². The van der Waals surface area contributed by atoms with Gasteiger partial charge in [-0.1, -0.05) is 6.92 Å². The van der Waals surface area contributed by atoms with Crippen LogP contribution < -0.4 is 5.32 Å². The minimum Gasteiger partial charge on any atom is -0.393 e. The third kappa shape index (κ3) is 5.11. The number of rotatable bonds is 6. The molecule has 0 spiro atoms. The SMILES string of the molecule is CCC(O)CC1CC(NC(C)=O)CN(CC2CC2)C1. The Balaban J connectivity index is 1.87. The minimum atomic E-state index is -0.191. The fourth-order valence-corrected chi connectivity index (χ4v) is 3.23. The number of carbonyl (C=O) groups is 1. The maximum Gasteiger partial charge on any atom is 0.217 e. The van der Waals surface area contributed by atoms with Crippen LogP contribution in [0, 0.1) is 11.8 Å². The topological polar surface area (TPSA) is 52.6 Å². The molecule has 1 aliphatic heterocycles.